The fourth-order valence-corrected chi connectivity index (χ4v) is 4.85. The third-order valence-corrected chi connectivity index (χ3v) is 7.12. The van der Waals surface area contributed by atoms with Gasteiger partial charge in [0, 0.05) is 13.0 Å². The SMILES string of the molecule is NCCCCC(NC(=O)C1CCCN1C(=O)C(Cc1ccc(O)cc1)NC(=O)C(N)Cc1ccc(O)cc1)C(=O)O. The maximum Gasteiger partial charge on any atom is 0.326 e. The summed E-state index contributed by atoms with van der Waals surface area (Å²) in [7, 11) is 0. The molecule has 3 amide bonds. The number of likely N-dealkylation sites (tertiary alicyclic amines) is 1. The second kappa shape index (κ2) is 15.0. The Balaban J connectivity index is 1.75. The van der Waals surface area contributed by atoms with Crippen molar-refractivity contribution in [2.75, 3.05) is 13.1 Å². The fraction of sp³-hybridized carbons (Fsp3) is 0.448. The highest BCUT2D eigenvalue weighted by atomic mass is 16.4. The van der Waals surface area contributed by atoms with E-state index >= 15 is 0 Å². The first-order valence-corrected chi connectivity index (χ1v) is 13.7. The zero-order chi connectivity index (χ0) is 29.9. The fourth-order valence-electron chi connectivity index (χ4n) is 4.85. The Kier molecular flexibility index (Phi) is 11.5. The molecule has 1 saturated heterocycles. The van der Waals surface area contributed by atoms with Crippen molar-refractivity contribution in [2.24, 2.45) is 11.5 Å². The van der Waals surface area contributed by atoms with Crippen molar-refractivity contribution in [3.63, 3.8) is 0 Å². The number of hydrogen-bond donors (Lipinski definition) is 7. The van der Waals surface area contributed by atoms with Crippen LogP contribution in [0.25, 0.3) is 0 Å². The molecule has 1 heterocycles. The van der Waals surface area contributed by atoms with Gasteiger partial charge in [-0.3, -0.25) is 14.4 Å². The van der Waals surface area contributed by atoms with Crippen LogP contribution in [0.5, 0.6) is 11.5 Å². The number of aliphatic carboxylic acids is 1. The van der Waals surface area contributed by atoms with Crippen molar-refractivity contribution in [1.82, 2.24) is 15.5 Å². The third kappa shape index (κ3) is 9.19. The zero-order valence-corrected chi connectivity index (χ0v) is 22.9. The minimum absolute atomic E-state index is 0.0484. The molecule has 0 spiro atoms. The molecule has 2 aromatic rings. The van der Waals surface area contributed by atoms with Crippen LogP contribution in [0.2, 0.25) is 0 Å². The first-order valence-electron chi connectivity index (χ1n) is 13.7. The number of unbranched alkanes of at least 4 members (excludes halogenated alkanes) is 1. The van der Waals surface area contributed by atoms with Gasteiger partial charge in [-0.2, -0.15) is 0 Å². The molecule has 41 heavy (non-hydrogen) atoms. The molecule has 1 aliphatic rings. The first-order chi connectivity index (χ1) is 19.6. The number of carboxylic acid groups (broad SMARTS) is 1. The Morgan fingerprint density at radius 3 is 2.02 bits per heavy atom. The van der Waals surface area contributed by atoms with Gasteiger partial charge in [-0.25, -0.2) is 4.79 Å². The molecule has 0 saturated carbocycles. The maximum atomic E-state index is 13.8. The number of carbonyl (C=O) groups is 4. The monoisotopic (exact) mass is 569 g/mol. The van der Waals surface area contributed by atoms with Gasteiger partial charge < -0.3 is 42.3 Å². The molecule has 222 valence electrons. The van der Waals surface area contributed by atoms with E-state index in [-0.39, 0.29) is 37.3 Å². The van der Waals surface area contributed by atoms with E-state index in [1.807, 2.05) is 0 Å². The summed E-state index contributed by atoms with van der Waals surface area (Å²) in [5, 5.41) is 34.0. The molecule has 2 aromatic carbocycles. The molecule has 12 heteroatoms. The number of nitrogens with two attached hydrogens (primary N) is 2. The van der Waals surface area contributed by atoms with Crippen molar-refractivity contribution >= 4 is 23.7 Å². The highest BCUT2D eigenvalue weighted by Crippen LogP contribution is 2.21. The number of rotatable bonds is 14. The lowest BCUT2D eigenvalue weighted by Gasteiger charge is -2.30. The number of carbonyl (C=O) groups excluding carboxylic acids is 3. The van der Waals surface area contributed by atoms with Crippen LogP contribution in [0, 0.1) is 0 Å². The van der Waals surface area contributed by atoms with E-state index in [2.05, 4.69) is 10.6 Å². The number of hydrogen-bond acceptors (Lipinski definition) is 8. The van der Waals surface area contributed by atoms with Gasteiger partial charge in [-0.15, -0.1) is 0 Å². The molecule has 3 rings (SSSR count). The van der Waals surface area contributed by atoms with E-state index < -0.39 is 47.9 Å². The summed E-state index contributed by atoms with van der Waals surface area (Å²) in [6, 6.07) is 8.44. The van der Waals surface area contributed by atoms with Crippen LogP contribution in [0.1, 0.15) is 43.2 Å². The third-order valence-electron chi connectivity index (χ3n) is 7.12. The van der Waals surface area contributed by atoms with Crippen LogP contribution < -0.4 is 22.1 Å². The number of carboxylic acids is 1. The lowest BCUT2D eigenvalue weighted by Crippen LogP contribution is -2.57. The molecular formula is C29H39N5O7. The Bertz CT molecular complexity index is 1190. The molecule has 0 bridgehead atoms. The highest BCUT2D eigenvalue weighted by Gasteiger charge is 2.39. The maximum absolute atomic E-state index is 13.8. The molecule has 0 aromatic heterocycles. The van der Waals surface area contributed by atoms with Crippen LogP contribution in [-0.2, 0) is 32.0 Å². The number of amides is 3. The lowest BCUT2D eigenvalue weighted by atomic mass is 10.0. The van der Waals surface area contributed by atoms with Crippen molar-refractivity contribution < 1.29 is 34.5 Å². The number of nitrogens with zero attached hydrogens (tertiary/aromatic N) is 1. The Morgan fingerprint density at radius 2 is 1.46 bits per heavy atom. The predicted molar refractivity (Wildman–Crippen MR) is 151 cm³/mol. The van der Waals surface area contributed by atoms with Gasteiger partial charge in [0.1, 0.15) is 29.6 Å². The predicted octanol–water partition coefficient (Wildman–Crippen LogP) is 0.385. The number of aromatic hydroxyl groups is 2. The van der Waals surface area contributed by atoms with E-state index in [4.69, 9.17) is 11.5 Å². The van der Waals surface area contributed by atoms with Crippen molar-refractivity contribution in [3.05, 3.63) is 59.7 Å². The van der Waals surface area contributed by atoms with Crippen LogP contribution in [0.4, 0.5) is 0 Å². The summed E-state index contributed by atoms with van der Waals surface area (Å²) >= 11 is 0. The van der Waals surface area contributed by atoms with Crippen LogP contribution in [0.15, 0.2) is 48.5 Å². The van der Waals surface area contributed by atoms with E-state index in [1.165, 1.54) is 29.2 Å². The lowest BCUT2D eigenvalue weighted by molar-refractivity contribution is -0.145. The second-order valence-electron chi connectivity index (χ2n) is 10.3. The van der Waals surface area contributed by atoms with Crippen LogP contribution >= 0.6 is 0 Å². The first kappa shape index (κ1) is 31.4. The summed E-state index contributed by atoms with van der Waals surface area (Å²) in [6.45, 7) is 0.682. The summed E-state index contributed by atoms with van der Waals surface area (Å²) < 4.78 is 0. The standard InChI is InChI=1S/C29H39N5O7/c30-14-2-1-4-23(29(40)41)32-27(38)25-5-3-15-34(25)28(39)24(17-19-8-12-21(36)13-9-19)33-26(37)22(31)16-18-6-10-20(35)11-7-18/h6-13,22-25,35-36H,1-5,14-17,30-31H2,(H,32,38)(H,33,37)(H,40,41). The normalized spacial score (nSPS) is 16.9. The number of nitrogens with one attached hydrogen (secondary N) is 2. The Morgan fingerprint density at radius 1 is 0.878 bits per heavy atom. The van der Waals surface area contributed by atoms with Gasteiger partial charge in [-0.1, -0.05) is 24.3 Å². The number of phenols is 2. The van der Waals surface area contributed by atoms with E-state index in [0.29, 0.717) is 37.8 Å². The molecule has 12 nitrogen and oxygen atoms in total. The van der Waals surface area contributed by atoms with Gasteiger partial charge in [0.05, 0.1) is 6.04 Å². The smallest absolute Gasteiger partial charge is 0.326 e. The quantitative estimate of drug-likeness (QED) is 0.157. The highest BCUT2D eigenvalue weighted by molar-refractivity contribution is 5.94. The van der Waals surface area contributed by atoms with Crippen molar-refractivity contribution in [2.45, 2.75) is 69.1 Å². The van der Waals surface area contributed by atoms with Gasteiger partial charge in [-0.05, 0) is 80.5 Å². The molecule has 4 unspecified atom stereocenters. The minimum Gasteiger partial charge on any atom is -0.508 e. The summed E-state index contributed by atoms with van der Waals surface area (Å²) in [5.74, 6) is -2.65. The van der Waals surface area contributed by atoms with Gasteiger partial charge in [0.2, 0.25) is 17.7 Å². The largest absolute Gasteiger partial charge is 0.508 e. The molecule has 0 radical (unpaired) electrons. The van der Waals surface area contributed by atoms with Crippen molar-refractivity contribution in [1.29, 1.82) is 0 Å². The van der Waals surface area contributed by atoms with E-state index in [1.54, 1.807) is 24.3 Å². The van der Waals surface area contributed by atoms with Crippen LogP contribution in [0.3, 0.4) is 0 Å². The molecular weight excluding hydrogens is 530 g/mol. The van der Waals surface area contributed by atoms with Gasteiger partial charge in [0.15, 0.2) is 0 Å². The van der Waals surface area contributed by atoms with Gasteiger partial charge >= 0.3 is 5.97 Å². The number of benzene rings is 2. The molecule has 0 aliphatic carbocycles. The minimum atomic E-state index is -1.16. The van der Waals surface area contributed by atoms with Gasteiger partial charge in [0.25, 0.3) is 0 Å². The summed E-state index contributed by atoms with van der Waals surface area (Å²) in [5.41, 5.74) is 13.0. The van der Waals surface area contributed by atoms with E-state index in [0.717, 1.165) is 5.56 Å². The molecule has 1 fully saturated rings. The number of phenolic OH excluding ortho intramolecular Hbond substituents is 2. The molecule has 4 atom stereocenters. The zero-order valence-electron chi connectivity index (χ0n) is 22.9. The summed E-state index contributed by atoms with van der Waals surface area (Å²) in [4.78, 5) is 53.1. The molecule has 9 N–H and O–H groups in total. The topological polar surface area (TPSA) is 208 Å². The molecule has 1 aliphatic heterocycles. The summed E-state index contributed by atoms with van der Waals surface area (Å²) in [6.07, 6.45) is 2.52. The second-order valence-corrected chi connectivity index (χ2v) is 10.3. The Labute approximate surface area is 238 Å². The average Bonchev–Trinajstić information content (AvgIpc) is 3.44. The van der Waals surface area contributed by atoms with Crippen LogP contribution in [-0.4, -0.2) is 81.2 Å². The van der Waals surface area contributed by atoms with Crippen molar-refractivity contribution in [3.8, 4) is 11.5 Å². The average molecular weight is 570 g/mol. The van der Waals surface area contributed by atoms with E-state index in [9.17, 15) is 34.5 Å². The Hall–Kier alpha value is -4.16.